The lowest BCUT2D eigenvalue weighted by Crippen LogP contribution is -2.52. The van der Waals surface area contributed by atoms with Crippen molar-refractivity contribution in [2.45, 2.75) is 58.7 Å². The van der Waals surface area contributed by atoms with Crippen LogP contribution < -0.4 is 10.1 Å². The van der Waals surface area contributed by atoms with Crippen LogP contribution in [0.4, 0.5) is 0 Å². The second-order valence-electron chi connectivity index (χ2n) is 9.51. The summed E-state index contributed by atoms with van der Waals surface area (Å²) < 4.78 is 6.74. The molecule has 1 N–H and O–H groups in total. The van der Waals surface area contributed by atoms with Gasteiger partial charge in [0.1, 0.15) is 11.8 Å². The lowest BCUT2D eigenvalue weighted by molar-refractivity contribution is -0.143. The summed E-state index contributed by atoms with van der Waals surface area (Å²) >= 11 is 3.57. The third-order valence-electron chi connectivity index (χ3n) is 5.87. The number of hydrogen-bond acceptors (Lipinski definition) is 3. The Morgan fingerprint density at radius 3 is 2.06 bits per heavy atom. The van der Waals surface area contributed by atoms with Gasteiger partial charge in [0.2, 0.25) is 5.91 Å². The molecule has 3 aromatic carbocycles. The number of nitrogens with one attached hydrogen (secondary N) is 1. The average Bonchev–Trinajstić information content (AvgIpc) is 2.86. The van der Waals surface area contributed by atoms with Gasteiger partial charge in [-0.2, -0.15) is 0 Å². The first-order valence-electron chi connectivity index (χ1n) is 12.3. The molecule has 0 bridgehead atoms. The molecule has 0 heterocycles. The Hall–Kier alpha value is -3.12. The first-order chi connectivity index (χ1) is 17.2. The Bertz CT molecular complexity index is 1130. The zero-order valence-corrected chi connectivity index (χ0v) is 23.0. The summed E-state index contributed by atoms with van der Waals surface area (Å²) in [7, 11) is 0. The SMILES string of the molecule is CC(C)NC(=O)[C@@H](Cc1ccccc1)N(Cc1ccccc1)C(=O)COc1ccc(C(C)C)cc1Br. The van der Waals surface area contributed by atoms with E-state index < -0.39 is 6.04 Å². The molecule has 0 aliphatic carbocycles. The second-order valence-corrected chi connectivity index (χ2v) is 10.4. The van der Waals surface area contributed by atoms with Crippen molar-refractivity contribution in [3.8, 4) is 5.75 Å². The molecule has 5 nitrogen and oxygen atoms in total. The Kier molecular flexibility index (Phi) is 10.1. The van der Waals surface area contributed by atoms with Crippen LogP contribution in [-0.4, -0.2) is 35.4 Å². The minimum Gasteiger partial charge on any atom is -0.483 e. The smallest absolute Gasteiger partial charge is 0.261 e. The molecule has 0 aliphatic rings. The number of benzene rings is 3. The van der Waals surface area contributed by atoms with Crippen molar-refractivity contribution in [1.82, 2.24) is 10.2 Å². The van der Waals surface area contributed by atoms with Gasteiger partial charge in [0.15, 0.2) is 6.61 Å². The molecule has 0 fully saturated rings. The second kappa shape index (κ2) is 13.3. The fraction of sp³-hybridized carbons (Fsp3) is 0.333. The molecular formula is C30H35BrN2O3. The van der Waals surface area contributed by atoms with E-state index in [4.69, 9.17) is 4.74 Å². The van der Waals surface area contributed by atoms with Crippen molar-refractivity contribution >= 4 is 27.7 Å². The van der Waals surface area contributed by atoms with Gasteiger partial charge in [-0.25, -0.2) is 0 Å². The minimum atomic E-state index is -0.683. The van der Waals surface area contributed by atoms with Crippen molar-refractivity contribution in [3.63, 3.8) is 0 Å². The van der Waals surface area contributed by atoms with E-state index in [9.17, 15) is 9.59 Å². The van der Waals surface area contributed by atoms with Gasteiger partial charge in [-0.3, -0.25) is 9.59 Å². The molecule has 2 amide bonds. The normalized spacial score (nSPS) is 11.9. The molecule has 3 rings (SSSR count). The van der Waals surface area contributed by atoms with Crippen LogP contribution in [0.5, 0.6) is 5.75 Å². The highest BCUT2D eigenvalue weighted by Crippen LogP contribution is 2.29. The highest BCUT2D eigenvalue weighted by atomic mass is 79.9. The van der Waals surface area contributed by atoms with Crippen LogP contribution >= 0.6 is 15.9 Å². The van der Waals surface area contributed by atoms with Crippen LogP contribution in [-0.2, 0) is 22.6 Å². The largest absolute Gasteiger partial charge is 0.483 e. The van der Waals surface area contributed by atoms with E-state index in [1.807, 2.05) is 92.7 Å². The molecule has 0 aliphatic heterocycles. The number of hydrogen-bond donors (Lipinski definition) is 1. The Labute approximate surface area is 223 Å². The maximum absolute atomic E-state index is 13.6. The third-order valence-corrected chi connectivity index (χ3v) is 6.49. The lowest BCUT2D eigenvalue weighted by atomic mass is 10.0. The lowest BCUT2D eigenvalue weighted by Gasteiger charge is -2.32. The molecule has 6 heteroatoms. The molecule has 0 unspecified atom stereocenters. The number of amides is 2. The van der Waals surface area contributed by atoms with E-state index in [1.54, 1.807) is 4.90 Å². The van der Waals surface area contributed by atoms with E-state index in [0.29, 0.717) is 24.6 Å². The summed E-state index contributed by atoms with van der Waals surface area (Å²) in [6.45, 7) is 8.22. The van der Waals surface area contributed by atoms with Gasteiger partial charge >= 0.3 is 0 Å². The number of rotatable bonds is 11. The van der Waals surface area contributed by atoms with Gasteiger partial charge < -0.3 is 15.0 Å². The highest BCUT2D eigenvalue weighted by molar-refractivity contribution is 9.10. The van der Waals surface area contributed by atoms with E-state index in [-0.39, 0.29) is 24.5 Å². The summed E-state index contributed by atoms with van der Waals surface area (Å²) in [5.74, 6) is 0.550. The molecule has 190 valence electrons. The van der Waals surface area contributed by atoms with Crippen LogP contribution in [0.1, 0.15) is 50.3 Å². The molecule has 3 aromatic rings. The Balaban J connectivity index is 1.88. The van der Waals surface area contributed by atoms with Gasteiger partial charge in [0.25, 0.3) is 5.91 Å². The zero-order chi connectivity index (χ0) is 26.1. The number of ether oxygens (including phenoxy) is 1. The first-order valence-corrected chi connectivity index (χ1v) is 13.1. The molecule has 36 heavy (non-hydrogen) atoms. The van der Waals surface area contributed by atoms with Crippen molar-refractivity contribution in [3.05, 3.63) is 100 Å². The summed E-state index contributed by atoms with van der Waals surface area (Å²) in [5, 5.41) is 3.00. The van der Waals surface area contributed by atoms with Gasteiger partial charge in [-0.15, -0.1) is 0 Å². The Morgan fingerprint density at radius 2 is 1.50 bits per heavy atom. The van der Waals surface area contributed by atoms with Gasteiger partial charge in [0.05, 0.1) is 4.47 Å². The number of halogens is 1. The molecule has 1 atom stereocenters. The van der Waals surface area contributed by atoms with Crippen LogP contribution in [0.3, 0.4) is 0 Å². The summed E-state index contributed by atoms with van der Waals surface area (Å²) in [5.41, 5.74) is 3.11. The predicted molar refractivity (Wildman–Crippen MR) is 148 cm³/mol. The van der Waals surface area contributed by atoms with Crippen LogP contribution in [0.2, 0.25) is 0 Å². The van der Waals surface area contributed by atoms with Gasteiger partial charge in [-0.05, 0) is 64.5 Å². The van der Waals surface area contributed by atoms with E-state index >= 15 is 0 Å². The zero-order valence-electron chi connectivity index (χ0n) is 21.4. The first kappa shape index (κ1) is 27.5. The van der Waals surface area contributed by atoms with Crippen molar-refractivity contribution < 1.29 is 14.3 Å². The van der Waals surface area contributed by atoms with Crippen LogP contribution in [0.25, 0.3) is 0 Å². The molecule has 0 saturated heterocycles. The van der Waals surface area contributed by atoms with Gasteiger partial charge in [-0.1, -0.05) is 80.6 Å². The van der Waals surface area contributed by atoms with E-state index in [1.165, 1.54) is 5.56 Å². The number of carbonyl (C=O) groups excluding carboxylic acids is 2. The highest BCUT2D eigenvalue weighted by Gasteiger charge is 2.31. The van der Waals surface area contributed by atoms with Crippen molar-refractivity contribution in [2.75, 3.05) is 6.61 Å². The fourth-order valence-corrected chi connectivity index (χ4v) is 4.44. The van der Waals surface area contributed by atoms with Crippen molar-refractivity contribution in [2.24, 2.45) is 0 Å². The molecule has 0 aromatic heterocycles. The fourth-order valence-electron chi connectivity index (χ4n) is 3.93. The monoisotopic (exact) mass is 550 g/mol. The van der Waals surface area contributed by atoms with Crippen LogP contribution in [0.15, 0.2) is 83.3 Å². The average molecular weight is 552 g/mol. The third kappa shape index (κ3) is 7.95. The quantitative estimate of drug-likeness (QED) is 0.313. The molecule has 0 spiro atoms. The molecule has 0 saturated carbocycles. The van der Waals surface area contributed by atoms with Gasteiger partial charge in [0, 0.05) is 19.0 Å². The molecular weight excluding hydrogens is 516 g/mol. The molecule has 0 radical (unpaired) electrons. The summed E-state index contributed by atoms with van der Waals surface area (Å²) in [6.07, 6.45) is 0.407. The van der Waals surface area contributed by atoms with E-state index in [2.05, 4.69) is 35.1 Å². The Morgan fingerprint density at radius 1 is 0.889 bits per heavy atom. The standard InChI is InChI=1S/C30H35BrN2O3/c1-21(2)25-15-16-28(26(31)18-25)36-20-29(34)33(19-24-13-9-6-10-14-24)27(30(35)32-22(3)4)17-23-11-7-5-8-12-23/h5-16,18,21-22,27H,17,19-20H2,1-4H3,(H,32,35)/t27-/m1/s1. The minimum absolute atomic E-state index is 0.0453. The van der Waals surface area contributed by atoms with Crippen molar-refractivity contribution in [1.29, 1.82) is 0 Å². The van der Waals surface area contributed by atoms with Crippen LogP contribution in [0, 0.1) is 0 Å². The number of nitrogens with zero attached hydrogens (tertiary/aromatic N) is 1. The maximum atomic E-state index is 13.6. The van der Waals surface area contributed by atoms with E-state index in [0.717, 1.165) is 15.6 Å². The number of carbonyl (C=O) groups is 2. The predicted octanol–water partition coefficient (Wildman–Crippen LogP) is 6.12. The topological polar surface area (TPSA) is 58.6 Å². The summed E-state index contributed by atoms with van der Waals surface area (Å²) in [4.78, 5) is 28.6. The maximum Gasteiger partial charge on any atom is 0.261 e. The summed E-state index contributed by atoms with van der Waals surface area (Å²) in [6, 6.07) is 24.7.